The van der Waals surface area contributed by atoms with Crippen LogP contribution in [-0.4, -0.2) is 12.3 Å². The molecule has 0 amide bonds. The van der Waals surface area contributed by atoms with Gasteiger partial charge in [0, 0.05) is 12.5 Å². The second-order valence-electron chi connectivity index (χ2n) is 4.18. The van der Waals surface area contributed by atoms with Gasteiger partial charge in [0.05, 0.1) is 5.71 Å². The van der Waals surface area contributed by atoms with Crippen molar-refractivity contribution in [3.8, 4) is 0 Å². The van der Waals surface area contributed by atoms with Crippen molar-refractivity contribution in [2.75, 3.05) is 6.54 Å². The van der Waals surface area contributed by atoms with Crippen LogP contribution in [0.4, 0.5) is 0 Å². The van der Waals surface area contributed by atoms with Gasteiger partial charge in [0.2, 0.25) is 0 Å². The van der Waals surface area contributed by atoms with Gasteiger partial charge in [-0.25, -0.2) is 0 Å². The maximum absolute atomic E-state index is 4.43. The number of hydrogen-bond donors (Lipinski definition) is 1. The second-order valence-corrected chi connectivity index (χ2v) is 4.18. The Morgan fingerprint density at radius 2 is 2.17 bits per heavy atom. The van der Waals surface area contributed by atoms with Gasteiger partial charge in [-0.15, -0.1) is 0 Å². The van der Waals surface area contributed by atoms with Crippen LogP contribution in [0.25, 0.3) is 0 Å². The number of nitrogens with one attached hydrogen (secondary N) is 1. The Hall–Kier alpha value is -2.09. The second kappa shape index (κ2) is 6.01. The molecule has 0 aliphatic carbocycles. The lowest BCUT2D eigenvalue weighted by atomic mass is 9.90. The summed E-state index contributed by atoms with van der Waals surface area (Å²) in [5.41, 5.74) is 6.59. The Bertz CT molecular complexity index is 495. The summed E-state index contributed by atoms with van der Waals surface area (Å²) in [6, 6.07) is 10.5. The van der Waals surface area contributed by atoms with E-state index in [1.165, 1.54) is 5.56 Å². The third-order valence-electron chi connectivity index (χ3n) is 2.97. The van der Waals surface area contributed by atoms with E-state index in [1.807, 2.05) is 25.1 Å². The fourth-order valence-electron chi connectivity index (χ4n) is 2.16. The first-order valence-corrected chi connectivity index (χ1v) is 6.18. The minimum absolute atomic E-state index is 0.314. The highest BCUT2D eigenvalue weighted by molar-refractivity contribution is 6.08. The van der Waals surface area contributed by atoms with Crippen molar-refractivity contribution in [1.82, 2.24) is 5.43 Å². The third kappa shape index (κ3) is 2.59. The van der Waals surface area contributed by atoms with Crippen LogP contribution in [0.3, 0.4) is 0 Å². The monoisotopic (exact) mass is 238 g/mol. The van der Waals surface area contributed by atoms with Crippen LogP contribution in [0, 0.1) is 0 Å². The molecule has 0 saturated carbocycles. The van der Waals surface area contributed by atoms with Crippen LogP contribution in [-0.2, 0) is 0 Å². The zero-order valence-corrected chi connectivity index (χ0v) is 10.6. The summed E-state index contributed by atoms with van der Waals surface area (Å²) < 4.78 is 0. The Kier molecular flexibility index (Phi) is 4.13. The minimum Gasteiger partial charge on any atom is -0.309 e. The highest BCUT2D eigenvalue weighted by Gasteiger charge is 2.24. The number of hydrazone groups is 1. The first-order chi connectivity index (χ1) is 8.86. The lowest BCUT2D eigenvalue weighted by Gasteiger charge is -2.12. The Labute approximate surface area is 108 Å². The minimum atomic E-state index is 0.314. The molecule has 2 rings (SSSR count). The summed E-state index contributed by atoms with van der Waals surface area (Å²) in [5, 5.41) is 4.43. The van der Waals surface area contributed by atoms with Crippen molar-refractivity contribution in [2.24, 2.45) is 5.10 Å². The van der Waals surface area contributed by atoms with Gasteiger partial charge in [0.25, 0.3) is 0 Å². The summed E-state index contributed by atoms with van der Waals surface area (Å²) in [7, 11) is 0. The molecular formula is C16H18N2. The molecule has 0 bridgehead atoms. The predicted molar refractivity (Wildman–Crippen MR) is 77.7 cm³/mol. The van der Waals surface area contributed by atoms with Crippen LogP contribution >= 0.6 is 0 Å². The summed E-state index contributed by atoms with van der Waals surface area (Å²) in [5.74, 6) is 0.314. The Balaban J connectivity index is 2.32. The van der Waals surface area contributed by atoms with Crippen LogP contribution in [0.2, 0.25) is 0 Å². The molecule has 1 atom stereocenters. The summed E-state index contributed by atoms with van der Waals surface area (Å²) >= 11 is 0. The molecule has 0 radical (unpaired) electrons. The van der Waals surface area contributed by atoms with Gasteiger partial charge in [0.1, 0.15) is 0 Å². The molecule has 1 aromatic carbocycles. The molecule has 1 aliphatic rings. The van der Waals surface area contributed by atoms with Gasteiger partial charge >= 0.3 is 0 Å². The maximum Gasteiger partial charge on any atom is 0.0768 e. The van der Waals surface area contributed by atoms with Crippen LogP contribution in [0.5, 0.6) is 0 Å². The van der Waals surface area contributed by atoms with Crippen molar-refractivity contribution in [3.05, 3.63) is 72.4 Å². The topological polar surface area (TPSA) is 24.4 Å². The van der Waals surface area contributed by atoms with Gasteiger partial charge in [-0.1, -0.05) is 61.2 Å². The number of hydrogen-bond acceptors (Lipinski definition) is 2. The van der Waals surface area contributed by atoms with Gasteiger partial charge < -0.3 is 5.43 Å². The van der Waals surface area contributed by atoms with E-state index in [0.717, 1.165) is 17.8 Å². The van der Waals surface area contributed by atoms with Crippen LogP contribution in [0.15, 0.2) is 71.9 Å². The largest absolute Gasteiger partial charge is 0.309 e. The summed E-state index contributed by atoms with van der Waals surface area (Å²) in [4.78, 5) is 0. The van der Waals surface area contributed by atoms with E-state index < -0.39 is 0 Å². The van der Waals surface area contributed by atoms with Crippen LogP contribution in [0.1, 0.15) is 18.4 Å². The number of benzene rings is 1. The van der Waals surface area contributed by atoms with Gasteiger partial charge in [-0.05, 0) is 18.1 Å². The van der Waals surface area contributed by atoms with E-state index in [4.69, 9.17) is 0 Å². The molecule has 1 unspecified atom stereocenters. The molecule has 1 heterocycles. The lowest BCUT2D eigenvalue weighted by Crippen LogP contribution is -2.14. The highest BCUT2D eigenvalue weighted by Crippen LogP contribution is 2.24. The van der Waals surface area contributed by atoms with E-state index in [-0.39, 0.29) is 0 Å². The molecule has 18 heavy (non-hydrogen) atoms. The van der Waals surface area contributed by atoms with Crippen LogP contribution < -0.4 is 5.43 Å². The molecule has 0 saturated heterocycles. The third-order valence-corrected chi connectivity index (χ3v) is 2.97. The molecule has 2 nitrogen and oxygen atoms in total. The van der Waals surface area contributed by atoms with Crippen molar-refractivity contribution in [2.45, 2.75) is 12.8 Å². The average molecular weight is 238 g/mol. The molecule has 0 aromatic heterocycles. The van der Waals surface area contributed by atoms with Gasteiger partial charge in [0.15, 0.2) is 0 Å². The molecule has 0 fully saturated rings. The summed E-state index contributed by atoms with van der Waals surface area (Å²) in [6.07, 6.45) is 7.90. The van der Waals surface area contributed by atoms with Gasteiger partial charge in [-0.3, -0.25) is 0 Å². The van der Waals surface area contributed by atoms with E-state index in [0.29, 0.717) is 5.92 Å². The highest BCUT2D eigenvalue weighted by atomic mass is 15.3. The normalized spacial score (nSPS) is 19.7. The SMILES string of the molecule is C=C/C=C(\C=C/C)C1=NNCC1c1ccccc1. The molecular weight excluding hydrogens is 220 g/mol. The first kappa shape index (κ1) is 12.4. The first-order valence-electron chi connectivity index (χ1n) is 6.18. The van der Waals surface area contributed by atoms with Gasteiger partial charge in [-0.2, -0.15) is 5.10 Å². The zero-order chi connectivity index (χ0) is 12.8. The van der Waals surface area contributed by atoms with E-state index in [9.17, 15) is 0 Å². The average Bonchev–Trinajstić information content (AvgIpc) is 2.88. The van der Waals surface area contributed by atoms with E-state index in [1.54, 1.807) is 6.08 Å². The Morgan fingerprint density at radius 3 is 2.83 bits per heavy atom. The fraction of sp³-hybridized carbons (Fsp3) is 0.188. The van der Waals surface area contributed by atoms with Crippen molar-refractivity contribution >= 4 is 5.71 Å². The standard InChI is InChI=1S/C16H18N2/c1-3-8-14(9-4-2)16-15(12-17-18-16)13-10-6-5-7-11-13/h3-11,15,17H,1,12H2,2H3/b9-4-,14-8+. The number of allylic oxidation sites excluding steroid dienone is 5. The molecule has 2 heteroatoms. The fourth-order valence-corrected chi connectivity index (χ4v) is 2.16. The molecule has 1 aliphatic heterocycles. The quantitative estimate of drug-likeness (QED) is 0.799. The predicted octanol–water partition coefficient (Wildman–Crippen LogP) is 3.42. The molecule has 0 spiro atoms. The lowest BCUT2D eigenvalue weighted by molar-refractivity contribution is 0.763. The smallest absolute Gasteiger partial charge is 0.0768 e. The molecule has 1 N–H and O–H groups in total. The molecule has 92 valence electrons. The van der Waals surface area contributed by atoms with Crippen molar-refractivity contribution < 1.29 is 0 Å². The number of nitrogens with zero attached hydrogens (tertiary/aromatic N) is 1. The van der Waals surface area contributed by atoms with E-state index >= 15 is 0 Å². The number of rotatable bonds is 4. The zero-order valence-electron chi connectivity index (χ0n) is 10.6. The maximum atomic E-state index is 4.43. The summed E-state index contributed by atoms with van der Waals surface area (Å²) in [6.45, 7) is 6.63. The van der Waals surface area contributed by atoms with Crippen molar-refractivity contribution in [1.29, 1.82) is 0 Å². The van der Waals surface area contributed by atoms with Crippen molar-refractivity contribution in [3.63, 3.8) is 0 Å². The Morgan fingerprint density at radius 1 is 1.39 bits per heavy atom. The van der Waals surface area contributed by atoms with E-state index in [2.05, 4.69) is 47.4 Å². The molecule has 1 aromatic rings.